The number of rotatable bonds is 2. The molecule has 3 atom stereocenters. The highest BCUT2D eigenvalue weighted by molar-refractivity contribution is 8.00. The summed E-state index contributed by atoms with van der Waals surface area (Å²) in [5.41, 5.74) is 6.61. The Hall–Kier alpha value is -1.18. The zero-order valence-corrected chi connectivity index (χ0v) is 10.9. The van der Waals surface area contributed by atoms with Crippen molar-refractivity contribution in [1.29, 1.82) is 0 Å². The van der Waals surface area contributed by atoms with Crippen LogP contribution in [0.25, 0.3) is 0 Å². The van der Waals surface area contributed by atoms with Crippen LogP contribution in [0.5, 0.6) is 0 Å². The minimum atomic E-state index is -0.155. The minimum Gasteiger partial charge on any atom is -0.393 e. The van der Waals surface area contributed by atoms with Gasteiger partial charge in [-0.1, -0.05) is 0 Å². The maximum absolute atomic E-state index is 9.17. The van der Waals surface area contributed by atoms with Gasteiger partial charge < -0.3 is 25.5 Å². The molecule has 3 heterocycles. The van der Waals surface area contributed by atoms with Crippen molar-refractivity contribution in [1.82, 2.24) is 4.57 Å². The molecule has 4 N–H and O–H groups in total. The number of amidine groups is 1. The quantitative estimate of drug-likeness (QED) is 0.729. The number of fused-ring (bicyclic) bond motifs is 1. The molecule has 6 nitrogen and oxygen atoms in total. The monoisotopic (exact) mass is 268 g/mol. The summed E-state index contributed by atoms with van der Waals surface area (Å²) in [4.78, 5) is 4.15. The molecular formula is C11H16N4O2S. The van der Waals surface area contributed by atoms with Crippen molar-refractivity contribution in [3.8, 4) is 0 Å². The van der Waals surface area contributed by atoms with Crippen LogP contribution in [0.4, 0.5) is 5.82 Å². The number of nitrogens with zero attached hydrogens (tertiary/aromatic N) is 2. The number of hydrogen-bond donors (Lipinski definition) is 3. The van der Waals surface area contributed by atoms with Crippen LogP contribution in [0.2, 0.25) is 0 Å². The van der Waals surface area contributed by atoms with Gasteiger partial charge in [-0.05, 0) is 13.0 Å². The lowest BCUT2D eigenvalue weighted by atomic mass is 10.2. The van der Waals surface area contributed by atoms with Gasteiger partial charge in [0, 0.05) is 6.20 Å². The third-order valence-corrected chi connectivity index (χ3v) is 4.40. The van der Waals surface area contributed by atoms with Crippen LogP contribution in [-0.4, -0.2) is 39.5 Å². The fourth-order valence-corrected chi connectivity index (χ4v) is 3.39. The van der Waals surface area contributed by atoms with Crippen molar-refractivity contribution in [3.63, 3.8) is 0 Å². The predicted molar refractivity (Wildman–Crippen MR) is 71.7 cm³/mol. The van der Waals surface area contributed by atoms with Gasteiger partial charge in [-0.15, -0.1) is 11.8 Å². The van der Waals surface area contributed by atoms with Crippen molar-refractivity contribution in [2.45, 2.75) is 23.8 Å². The van der Waals surface area contributed by atoms with E-state index in [1.165, 1.54) is 0 Å². The second-order valence-electron chi connectivity index (χ2n) is 4.34. The highest BCUT2D eigenvalue weighted by atomic mass is 32.2. The first-order valence-electron chi connectivity index (χ1n) is 5.87. The van der Waals surface area contributed by atoms with Crippen LogP contribution in [0.3, 0.4) is 0 Å². The van der Waals surface area contributed by atoms with Gasteiger partial charge in [-0.25, -0.2) is 4.99 Å². The lowest BCUT2D eigenvalue weighted by Gasteiger charge is -2.22. The van der Waals surface area contributed by atoms with Crippen molar-refractivity contribution >= 4 is 23.4 Å². The summed E-state index contributed by atoms with van der Waals surface area (Å²) in [5, 5.41) is 12.7. The Balaban J connectivity index is 1.92. The van der Waals surface area contributed by atoms with Crippen LogP contribution in [0.15, 0.2) is 17.3 Å². The second kappa shape index (κ2) is 4.49. The fourth-order valence-electron chi connectivity index (χ4n) is 2.32. The van der Waals surface area contributed by atoms with E-state index in [2.05, 4.69) is 17.2 Å². The van der Waals surface area contributed by atoms with Gasteiger partial charge in [0.2, 0.25) is 0 Å². The minimum absolute atomic E-state index is 0.0337. The average Bonchev–Trinajstić information content (AvgIpc) is 2.93. The van der Waals surface area contributed by atoms with Gasteiger partial charge in [0.1, 0.15) is 30.0 Å². The number of aliphatic hydroxyl groups excluding tert-OH is 1. The van der Waals surface area contributed by atoms with E-state index in [4.69, 9.17) is 15.6 Å². The molecule has 3 rings (SSSR count). The molecule has 0 saturated carbocycles. The van der Waals surface area contributed by atoms with Crippen LogP contribution >= 0.6 is 11.8 Å². The summed E-state index contributed by atoms with van der Waals surface area (Å²) in [7, 11) is 0. The molecule has 0 amide bonds. The molecule has 0 spiro atoms. The topological polar surface area (TPSA) is 84.8 Å². The van der Waals surface area contributed by atoms with Gasteiger partial charge in [0.25, 0.3) is 0 Å². The van der Waals surface area contributed by atoms with E-state index >= 15 is 0 Å². The molecule has 98 valence electrons. The Morgan fingerprint density at radius 2 is 2.56 bits per heavy atom. The van der Waals surface area contributed by atoms with Gasteiger partial charge in [0.15, 0.2) is 0 Å². The number of nitrogens with two attached hydrogens (primary N) is 1. The molecule has 1 saturated heterocycles. The molecule has 0 aromatic carbocycles. The molecule has 0 aliphatic carbocycles. The van der Waals surface area contributed by atoms with E-state index in [1.807, 2.05) is 16.8 Å². The predicted octanol–water partition coefficient (Wildman–Crippen LogP) is 0.545. The third kappa shape index (κ3) is 1.79. The maximum atomic E-state index is 9.17. The third-order valence-electron chi connectivity index (χ3n) is 3.17. The molecule has 0 bridgehead atoms. The first kappa shape index (κ1) is 11.9. The van der Waals surface area contributed by atoms with Crippen molar-refractivity contribution < 1.29 is 9.84 Å². The SMILES string of the molecule is C[C@H]1S[C@@H](CO)O[C@H]1n1ccc2c1NCN=C2N. The highest BCUT2D eigenvalue weighted by Gasteiger charge is 2.35. The number of hydrogen-bond acceptors (Lipinski definition) is 6. The standard InChI is InChI=1S/C11H16N4O2S/c1-6-11(17-8(4-16)18-6)15-3-2-7-9(12)13-5-14-10(7)15/h2-3,6,8,11,14,16H,4-5H2,1H3,(H2,12,13)/t6-,8+,11-/m1/s1. The van der Waals surface area contributed by atoms with Crippen LogP contribution in [-0.2, 0) is 4.74 Å². The fraction of sp³-hybridized carbons (Fsp3) is 0.545. The van der Waals surface area contributed by atoms with E-state index in [9.17, 15) is 0 Å². The Morgan fingerprint density at radius 1 is 1.72 bits per heavy atom. The van der Waals surface area contributed by atoms with E-state index in [-0.39, 0.29) is 23.5 Å². The lowest BCUT2D eigenvalue weighted by molar-refractivity contribution is -0.0127. The van der Waals surface area contributed by atoms with Crippen molar-refractivity contribution in [3.05, 3.63) is 17.8 Å². The Kier molecular flexibility index (Phi) is 2.96. The number of anilines is 1. The zero-order chi connectivity index (χ0) is 12.7. The van der Waals surface area contributed by atoms with E-state index in [0.717, 1.165) is 11.4 Å². The van der Waals surface area contributed by atoms with Crippen LogP contribution in [0.1, 0.15) is 18.7 Å². The van der Waals surface area contributed by atoms with Gasteiger partial charge in [-0.2, -0.15) is 0 Å². The number of aromatic nitrogens is 1. The highest BCUT2D eigenvalue weighted by Crippen LogP contribution is 2.40. The zero-order valence-electron chi connectivity index (χ0n) is 10.0. The van der Waals surface area contributed by atoms with Crippen molar-refractivity contribution in [2.75, 3.05) is 18.6 Å². The molecule has 7 heteroatoms. The van der Waals surface area contributed by atoms with Gasteiger partial charge in [0.05, 0.1) is 17.4 Å². The summed E-state index contributed by atoms with van der Waals surface area (Å²) in [6, 6.07) is 1.94. The smallest absolute Gasteiger partial charge is 0.148 e. The molecule has 2 aliphatic heterocycles. The molecule has 2 aliphatic rings. The van der Waals surface area contributed by atoms with E-state index < -0.39 is 0 Å². The summed E-state index contributed by atoms with van der Waals surface area (Å²) in [5.74, 6) is 1.50. The first-order valence-corrected chi connectivity index (χ1v) is 6.81. The molecular weight excluding hydrogens is 252 g/mol. The molecule has 0 unspecified atom stereocenters. The number of aliphatic imine (C=N–C) groups is 1. The largest absolute Gasteiger partial charge is 0.393 e. The Morgan fingerprint density at radius 3 is 3.28 bits per heavy atom. The summed E-state index contributed by atoms with van der Waals surface area (Å²) in [6.07, 6.45) is 1.86. The normalized spacial score (nSPS) is 30.8. The Bertz CT molecular complexity index is 487. The number of nitrogens with one attached hydrogen (secondary N) is 1. The summed E-state index contributed by atoms with van der Waals surface area (Å²) < 4.78 is 7.86. The molecule has 0 radical (unpaired) electrons. The van der Waals surface area contributed by atoms with Gasteiger partial charge >= 0.3 is 0 Å². The summed E-state index contributed by atoms with van der Waals surface area (Å²) in [6.45, 7) is 2.62. The number of aliphatic hydroxyl groups is 1. The maximum Gasteiger partial charge on any atom is 0.148 e. The molecule has 1 aromatic rings. The van der Waals surface area contributed by atoms with Crippen LogP contribution in [0, 0.1) is 0 Å². The van der Waals surface area contributed by atoms with Gasteiger partial charge in [-0.3, -0.25) is 0 Å². The molecule has 1 aromatic heterocycles. The second-order valence-corrected chi connectivity index (χ2v) is 5.89. The van der Waals surface area contributed by atoms with Crippen LogP contribution < -0.4 is 11.1 Å². The first-order chi connectivity index (χ1) is 8.70. The Labute approximate surface area is 109 Å². The average molecular weight is 268 g/mol. The number of thioether (sulfide) groups is 1. The lowest BCUT2D eigenvalue weighted by Crippen LogP contribution is -2.25. The van der Waals surface area contributed by atoms with Crippen molar-refractivity contribution in [2.24, 2.45) is 10.7 Å². The summed E-state index contributed by atoms with van der Waals surface area (Å²) >= 11 is 1.64. The van der Waals surface area contributed by atoms with E-state index in [1.54, 1.807) is 11.8 Å². The number of ether oxygens (including phenoxy) is 1. The molecule has 1 fully saturated rings. The molecule has 18 heavy (non-hydrogen) atoms. The van der Waals surface area contributed by atoms with E-state index in [0.29, 0.717) is 12.5 Å².